The minimum atomic E-state index is -4.31. The second kappa shape index (κ2) is 6.13. The van der Waals surface area contributed by atoms with E-state index < -0.39 is 18.6 Å². The molecule has 1 aliphatic heterocycles. The van der Waals surface area contributed by atoms with Gasteiger partial charge in [-0.2, -0.15) is 13.2 Å². The molecule has 0 fully saturated rings. The quantitative estimate of drug-likeness (QED) is 0.857. The first-order valence-corrected chi connectivity index (χ1v) is 6.23. The molecule has 1 aromatic carbocycles. The van der Waals surface area contributed by atoms with E-state index in [1.165, 1.54) is 0 Å². The van der Waals surface area contributed by atoms with Crippen molar-refractivity contribution in [1.29, 1.82) is 0 Å². The monoisotopic (exact) mass is 288 g/mol. The normalized spacial score (nSPS) is 17.4. The SMILES string of the molecule is O=C(CNCC(F)(F)F)NCC1Cc2ccccc2O1. The summed E-state index contributed by atoms with van der Waals surface area (Å²) < 4.78 is 41.2. The fraction of sp³-hybridized carbons (Fsp3) is 0.462. The molecular weight excluding hydrogens is 273 g/mol. The molecule has 0 saturated heterocycles. The largest absolute Gasteiger partial charge is 0.488 e. The molecule has 0 saturated carbocycles. The van der Waals surface area contributed by atoms with Crippen molar-refractivity contribution in [2.75, 3.05) is 19.6 Å². The number of carbonyl (C=O) groups is 1. The molecule has 4 nitrogen and oxygen atoms in total. The van der Waals surface area contributed by atoms with Crippen molar-refractivity contribution in [3.05, 3.63) is 29.8 Å². The van der Waals surface area contributed by atoms with Crippen LogP contribution in [0.15, 0.2) is 24.3 Å². The summed E-state index contributed by atoms with van der Waals surface area (Å²) in [6.45, 7) is -1.26. The highest BCUT2D eigenvalue weighted by molar-refractivity contribution is 5.78. The number of hydrogen-bond donors (Lipinski definition) is 2. The average Bonchev–Trinajstić information content (AvgIpc) is 2.77. The minimum Gasteiger partial charge on any atom is -0.488 e. The second-order valence-electron chi connectivity index (χ2n) is 4.57. The third-order valence-electron chi connectivity index (χ3n) is 2.85. The lowest BCUT2D eigenvalue weighted by Crippen LogP contribution is -2.41. The smallest absolute Gasteiger partial charge is 0.401 e. The Morgan fingerprint density at radius 2 is 2.10 bits per heavy atom. The average molecular weight is 288 g/mol. The van der Waals surface area contributed by atoms with Crippen LogP contribution in [0, 0.1) is 0 Å². The van der Waals surface area contributed by atoms with Gasteiger partial charge in [0.2, 0.25) is 5.91 Å². The van der Waals surface area contributed by atoms with E-state index in [9.17, 15) is 18.0 Å². The van der Waals surface area contributed by atoms with Crippen LogP contribution in [0.1, 0.15) is 5.56 Å². The van der Waals surface area contributed by atoms with Gasteiger partial charge in [-0.15, -0.1) is 0 Å². The molecule has 1 atom stereocenters. The van der Waals surface area contributed by atoms with Gasteiger partial charge >= 0.3 is 6.18 Å². The zero-order valence-corrected chi connectivity index (χ0v) is 10.7. The lowest BCUT2D eigenvalue weighted by molar-refractivity contribution is -0.128. The van der Waals surface area contributed by atoms with Gasteiger partial charge in [0.25, 0.3) is 0 Å². The van der Waals surface area contributed by atoms with Crippen LogP contribution in [0.3, 0.4) is 0 Å². The molecule has 0 aliphatic carbocycles. The van der Waals surface area contributed by atoms with Gasteiger partial charge in [0, 0.05) is 6.42 Å². The second-order valence-corrected chi connectivity index (χ2v) is 4.57. The van der Waals surface area contributed by atoms with Crippen LogP contribution in [0.4, 0.5) is 13.2 Å². The van der Waals surface area contributed by atoms with Crippen molar-refractivity contribution in [1.82, 2.24) is 10.6 Å². The number of alkyl halides is 3. The molecule has 0 radical (unpaired) electrons. The summed E-state index contributed by atoms with van der Waals surface area (Å²) in [7, 11) is 0. The van der Waals surface area contributed by atoms with Crippen LogP contribution >= 0.6 is 0 Å². The van der Waals surface area contributed by atoms with E-state index in [-0.39, 0.29) is 19.2 Å². The Bertz CT molecular complexity index is 452. The van der Waals surface area contributed by atoms with Crippen molar-refractivity contribution in [3.63, 3.8) is 0 Å². The highest BCUT2D eigenvalue weighted by Gasteiger charge is 2.27. The summed E-state index contributed by atoms with van der Waals surface area (Å²) in [5.41, 5.74) is 1.07. The fourth-order valence-electron chi connectivity index (χ4n) is 1.98. The topological polar surface area (TPSA) is 50.4 Å². The fourth-order valence-corrected chi connectivity index (χ4v) is 1.98. The Morgan fingerprint density at radius 1 is 1.35 bits per heavy atom. The van der Waals surface area contributed by atoms with E-state index in [0.717, 1.165) is 11.3 Å². The van der Waals surface area contributed by atoms with Gasteiger partial charge in [0.05, 0.1) is 19.6 Å². The predicted molar refractivity (Wildman–Crippen MR) is 66.5 cm³/mol. The van der Waals surface area contributed by atoms with Crippen LogP contribution in [0.25, 0.3) is 0 Å². The van der Waals surface area contributed by atoms with Gasteiger partial charge in [-0.25, -0.2) is 0 Å². The molecule has 1 aliphatic rings. The first-order chi connectivity index (χ1) is 9.44. The Kier molecular flexibility index (Phi) is 4.49. The first kappa shape index (κ1) is 14.6. The van der Waals surface area contributed by atoms with Crippen LogP contribution in [0.5, 0.6) is 5.75 Å². The van der Waals surface area contributed by atoms with Gasteiger partial charge < -0.3 is 15.4 Å². The number of benzene rings is 1. The third kappa shape index (κ3) is 4.41. The zero-order valence-electron chi connectivity index (χ0n) is 10.7. The van der Waals surface area contributed by atoms with E-state index in [0.29, 0.717) is 6.42 Å². The van der Waals surface area contributed by atoms with Gasteiger partial charge in [0.15, 0.2) is 0 Å². The molecule has 0 bridgehead atoms. The van der Waals surface area contributed by atoms with Crippen molar-refractivity contribution >= 4 is 5.91 Å². The highest BCUT2D eigenvalue weighted by atomic mass is 19.4. The standard InChI is InChI=1S/C13H15F3N2O2/c14-13(15,16)8-17-7-12(19)18-6-10-5-9-3-1-2-4-11(9)20-10/h1-4,10,17H,5-8H2,(H,18,19). The molecule has 0 aromatic heterocycles. The van der Waals surface area contributed by atoms with Crippen molar-refractivity contribution in [2.45, 2.75) is 18.7 Å². The third-order valence-corrected chi connectivity index (χ3v) is 2.85. The number of nitrogens with one attached hydrogen (secondary N) is 2. The van der Waals surface area contributed by atoms with Gasteiger partial charge in [0.1, 0.15) is 11.9 Å². The summed E-state index contributed by atoms with van der Waals surface area (Å²) in [6, 6.07) is 7.56. The lowest BCUT2D eigenvalue weighted by atomic mass is 10.1. The van der Waals surface area contributed by atoms with Crippen molar-refractivity contribution < 1.29 is 22.7 Å². The molecule has 20 heavy (non-hydrogen) atoms. The van der Waals surface area contributed by atoms with E-state index in [4.69, 9.17) is 4.74 Å². The van der Waals surface area contributed by atoms with E-state index in [1.54, 1.807) is 0 Å². The minimum absolute atomic E-state index is 0.168. The molecular formula is C13H15F3N2O2. The number of halogens is 3. The van der Waals surface area contributed by atoms with Crippen LogP contribution in [-0.2, 0) is 11.2 Å². The van der Waals surface area contributed by atoms with Gasteiger partial charge in [-0.3, -0.25) is 4.79 Å². The molecule has 2 N–H and O–H groups in total. The summed E-state index contributed by atoms with van der Waals surface area (Å²) in [4.78, 5) is 11.4. The number of carbonyl (C=O) groups excluding carboxylic acids is 1. The molecule has 110 valence electrons. The van der Waals surface area contributed by atoms with Crippen LogP contribution < -0.4 is 15.4 Å². The maximum Gasteiger partial charge on any atom is 0.401 e. The molecule has 1 unspecified atom stereocenters. The van der Waals surface area contributed by atoms with Crippen molar-refractivity contribution in [2.24, 2.45) is 0 Å². The summed E-state index contributed by atoms with van der Waals surface area (Å²) >= 11 is 0. The number of rotatable bonds is 5. The van der Waals surface area contributed by atoms with E-state index in [2.05, 4.69) is 5.32 Å². The Labute approximate surface area is 114 Å². The summed E-state index contributed by atoms with van der Waals surface area (Å²) in [5, 5.41) is 4.59. The maximum absolute atomic E-state index is 11.9. The van der Waals surface area contributed by atoms with Gasteiger partial charge in [-0.05, 0) is 11.6 Å². The van der Waals surface area contributed by atoms with Crippen LogP contribution in [-0.4, -0.2) is 37.8 Å². The first-order valence-electron chi connectivity index (χ1n) is 6.23. The zero-order chi connectivity index (χ0) is 14.6. The predicted octanol–water partition coefficient (Wildman–Crippen LogP) is 1.26. The number of para-hydroxylation sites is 1. The highest BCUT2D eigenvalue weighted by Crippen LogP contribution is 2.27. The Balaban J connectivity index is 1.66. The molecule has 1 amide bonds. The number of amides is 1. The molecule has 0 spiro atoms. The molecule has 1 aromatic rings. The van der Waals surface area contributed by atoms with Crippen molar-refractivity contribution in [3.8, 4) is 5.75 Å². The van der Waals surface area contributed by atoms with E-state index in [1.807, 2.05) is 29.6 Å². The van der Waals surface area contributed by atoms with Crippen LogP contribution in [0.2, 0.25) is 0 Å². The maximum atomic E-state index is 11.9. The summed E-state index contributed by atoms with van der Waals surface area (Å²) in [5.74, 6) is 0.316. The number of fused-ring (bicyclic) bond motifs is 1. The number of hydrogen-bond acceptors (Lipinski definition) is 3. The molecule has 2 rings (SSSR count). The summed E-state index contributed by atoms with van der Waals surface area (Å²) in [6.07, 6.45) is -3.79. The Morgan fingerprint density at radius 3 is 2.80 bits per heavy atom. The Hall–Kier alpha value is -1.76. The molecule has 7 heteroatoms. The van der Waals surface area contributed by atoms with E-state index >= 15 is 0 Å². The molecule has 1 heterocycles. The number of ether oxygens (including phenoxy) is 1. The lowest BCUT2D eigenvalue weighted by Gasteiger charge is -2.12. The van der Waals surface area contributed by atoms with Gasteiger partial charge in [-0.1, -0.05) is 18.2 Å².